The molecule has 1 unspecified atom stereocenters. The van der Waals surface area contributed by atoms with Gasteiger partial charge in [0, 0.05) is 25.0 Å². The van der Waals surface area contributed by atoms with Gasteiger partial charge in [0.25, 0.3) is 0 Å². The Morgan fingerprint density at radius 2 is 1.61 bits per heavy atom. The maximum Gasteiger partial charge on any atom is 0.310 e. The average molecular weight is 424 g/mol. The Labute approximate surface area is 185 Å². The van der Waals surface area contributed by atoms with Crippen molar-refractivity contribution in [3.63, 3.8) is 0 Å². The number of carbonyl (C=O) groups is 2. The fraction of sp³-hybridized carbons (Fsp3) is 0.462. The first-order chi connectivity index (χ1) is 15.0. The van der Waals surface area contributed by atoms with Crippen molar-refractivity contribution in [2.75, 3.05) is 14.2 Å². The summed E-state index contributed by atoms with van der Waals surface area (Å²) in [5, 5.41) is 0. The number of hydrogen-bond donors (Lipinski definition) is 0. The second-order valence-corrected chi connectivity index (χ2v) is 8.33. The smallest absolute Gasteiger partial charge is 0.310 e. The molecule has 1 saturated carbocycles. The van der Waals surface area contributed by atoms with Gasteiger partial charge in [-0.05, 0) is 36.8 Å². The molecule has 0 N–H and O–H groups in total. The molecule has 31 heavy (non-hydrogen) atoms. The van der Waals surface area contributed by atoms with Gasteiger partial charge in [-0.25, -0.2) is 0 Å². The van der Waals surface area contributed by atoms with E-state index in [1.54, 1.807) is 0 Å². The molecule has 1 fully saturated rings. The van der Waals surface area contributed by atoms with Crippen LogP contribution in [0.4, 0.5) is 0 Å². The van der Waals surface area contributed by atoms with Gasteiger partial charge in [-0.2, -0.15) is 0 Å². The van der Waals surface area contributed by atoms with Crippen LogP contribution < -0.4 is 0 Å². The van der Waals surface area contributed by atoms with E-state index in [0.717, 1.165) is 25.8 Å². The van der Waals surface area contributed by atoms with E-state index in [-0.39, 0.29) is 42.3 Å². The highest BCUT2D eigenvalue weighted by molar-refractivity contribution is 5.76. The molecular weight excluding hydrogens is 390 g/mol. The van der Waals surface area contributed by atoms with Gasteiger partial charge < -0.3 is 9.47 Å². The Kier molecular flexibility index (Phi) is 8.24. The predicted octanol–water partition coefficient (Wildman–Crippen LogP) is 4.77. The molecule has 1 aliphatic rings. The number of benzene rings is 2. The Balaban J connectivity index is 1.97. The summed E-state index contributed by atoms with van der Waals surface area (Å²) in [5.74, 6) is -0.963. The minimum Gasteiger partial charge on any atom is -0.469 e. The summed E-state index contributed by atoms with van der Waals surface area (Å²) in [5.41, 5.74) is 2.40. The molecule has 2 aromatic rings. The molecule has 166 valence electrons. The lowest BCUT2D eigenvalue weighted by Gasteiger charge is -2.45. The van der Waals surface area contributed by atoms with E-state index in [9.17, 15) is 9.59 Å². The van der Waals surface area contributed by atoms with Crippen LogP contribution in [0.1, 0.15) is 49.8 Å². The lowest BCUT2D eigenvalue weighted by atomic mass is 9.73. The van der Waals surface area contributed by atoms with E-state index in [2.05, 4.69) is 36.1 Å². The lowest BCUT2D eigenvalue weighted by molar-refractivity contribution is -0.155. The highest BCUT2D eigenvalue weighted by atomic mass is 16.5. The van der Waals surface area contributed by atoms with Crippen LogP contribution in [-0.2, 0) is 25.6 Å². The molecule has 0 saturated heterocycles. The number of hydrogen-bond acceptors (Lipinski definition) is 5. The molecular formula is C26H33NO4. The largest absolute Gasteiger partial charge is 0.469 e. The van der Waals surface area contributed by atoms with Gasteiger partial charge in [0.15, 0.2) is 0 Å². The maximum absolute atomic E-state index is 13.0. The lowest BCUT2D eigenvalue weighted by Crippen LogP contribution is -2.50. The first kappa shape index (κ1) is 23.0. The monoisotopic (exact) mass is 423 g/mol. The molecule has 0 bridgehead atoms. The fourth-order valence-corrected chi connectivity index (χ4v) is 4.91. The van der Waals surface area contributed by atoms with E-state index in [1.165, 1.54) is 25.3 Å². The predicted molar refractivity (Wildman–Crippen MR) is 120 cm³/mol. The summed E-state index contributed by atoms with van der Waals surface area (Å²) in [6.45, 7) is 2.91. The van der Waals surface area contributed by atoms with Gasteiger partial charge in [-0.1, -0.05) is 67.1 Å². The maximum atomic E-state index is 13.0. The molecule has 3 rings (SSSR count). The van der Waals surface area contributed by atoms with E-state index in [0.29, 0.717) is 0 Å². The van der Waals surface area contributed by atoms with E-state index in [4.69, 9.17) is 9.47 Å². The van der Waals surface area contributed by atoms with Gasteiger partial charge in [0.1, 0.15) is 0 Å². The topological polar surface area (TPSA) is 55.8 Å². The summed E-state index contributed by atoms with van der Waals surface area (Å²) in [4.78, 5) is 27.5. The molecule has 0 amide bonds. The van der Waals surface area contributed by atoms with Crippen LogP contribution in [0.5, 0.6) is 0 Å². The van der Waals surface area contributed by atoms with Gasteiger partial charge in [0.2, 0.25) is 0 Å². The highest BCUT2D eigenvalue weighted by Gasteiger charge is 2.44. The van der Waals surface area contributed by atoms with Crippen molar-refractivity contribution in [1.82, 2.24) is 4.90 Å². The average Bonchev–Trinajstić information content (AvgIpc) is 2.82. The van der Waals surface area contributed by atoms with Gasteiger partial charge >= 0.3 is 11.9 Å². The van der Waals surface area contributed by atoms with Crippen LogP contribution in [0.2, 0.25) is 0 Å². The number of carbonyl (C=O) groups excluding carboxylic acids is 2. The second kappa shape index (κ2) is 11.1. The first-order valence-electron chi connectivity index (χ1n) is 11.0. The van der Waals surface area contributed by atoms with Crippen molar-refractivity contribution >= 4 is 11.9 Å². The molecule has 0 radical (unpaired) electrons. The van der Waals surface area contributed by atoms with Crippen LogP contribution in [0, 0.1) is 11.8 Å². The Bertz CT molecular complexity index is 839. The Morgan fingerprint density at radius 1 is 0.968 bits per heavy atom. The number of nitrogens with zero attached hydrogens (tertiary/aromatic N) is 1. The summed E-state index contributed by atoms with van der Waals surface area (Å²) in [6.07, 6.45) is 2.92. The van der Waals surface area contributed by atoms with Crippen molar-refractivity contribution in [3.8, 4) is 0 Å². The Hall–Kier alpha value is -2.66. The minimum absolute atomic E-state index is 0.0220. The van der Waals surface area contributed by atoms with Gasteiger partial charge in [0.05, 0.1) is 20.1 Å². The van der Waals surface area contributed by atoms with Crippen LogP contribution in [-0.4, -0.2) is 37.1 Å². The molecule has 5 nitrogen and oxygen atoms in total. The van der Waals surface area contributed by atoms with E-state index >= 15 is 0 Å². The fourth-order valence-electron chi connectivity index (χ4n) is 4.91. The zero-order chi connectivity index (χ0) is 22.2. The molecule has 1 aliphatic carbocycles. The van der Waals surface area contributed by atoms with Gasteiger partial charge in [-0.15, -0.1) is 0 Å². The van der Waals surface area contributed by atoms with Crippen molar-refractivity contribution in [2.24, 2.45) is 11.8 Å². The third-order valence-electron chi connectivity index (χ3n) is 6.54. The van der Waals surface area contributed by atoms with Gasteiger partial charge in [-0.3, -0.25) is 14.5 Å². The van der Waals surface area contributed by atoms with Crippen LogP contribution >= 0.6 is 0 Å². The summed E-state index contributed by atoms with van der Waals surface area (Å²) >= 11 is 0. The molecule has 0 spiro atoms. The van der Waals surface area contributed by atoms with Crippen molar-refractivity contribution in [1.29, 1.82) is 0 Å². The van der Waals surface area contributed by atoms with Crippen LogP contribution in [0.15, 0.2) is 60.7 Å². The quantitative estimate of drug-likeness (QED) is 0.573. The number of ether oxygens (including phenoxy) is 2. The van der Waals surface area contributed by atoms with E-state index in [1.807, 2.05) is 36.4 Å². The molecule has 4 atom stereocenters. The van der Waals surface area contributed by atoms with Crippen molar-refractivity contribution in [3.05, 3.63) is 71.8 Å². The third kappa shape index (κ3) is 5.73. The number of rotatable bonds is 8. The summed E-state index contributed by atoms with van der Waals surface area (Å²) < 4.78 is 10.2. The van der Waals surface area contributed by atoms with Crippen molar-refractivity contribution in [2.45, 2.75) is 51.2 Å². The standard InChI is InChI=1S/C26H33NO4/c1-19(21-13-8-5-9-14-21)27(18-20-11-6-4-7-12-20)23-16-10-15-22(17-24(28)30-2)25(23)26(29)31-3/h4-9,11-14,19,22-23,25H,10,15-18H2,1-3H3/t19?,22-,23-,25-/m1/s1. The molecule has 0 aromatic heterocycles. The summed E-state index contributed by atoms with van der Waals surface area (Å²) in [7, 11) is 2.83. The zero-order valence-corrected chi connectivity index (χ0v) is 18.7. The van der Waals surface area contributed by atoms with Crippen LogP contribution in [0.3, 0.4) is 0 Å². The SMILES string of the molecule is COC(=O)C[C@H]1CCC[C@@H](N(Cc2ccccc2)C(C)c2ccccc2)[C@@H]1C(=O)OC. The Morgan fingerprint density at radius 3 is 2.23 bits per heavy atom. The molecule has 2 aromatic carbocycles. The third-order valence-corrected chi connectivity index (χ3v) is 6.54. The van der Waals surface area contributed by atoms with Crippen LogP contribution in [0.25, 0.3) is 0 Å². The molecule has 0 heterocycles. The summed E-state index contributed by atoms with van der Waals surface area (Å²) in [6, 6.07) is 20.8. The van der Waals surface area contributed by atoms with E-state index < -0.39 is 0 Å². The molecule has 0 aliphatic heterocycles. The molecule has 5 heteroatoms. The van der Waals surface area contributed by atoms with Crippen molar-refractivity contribution < 1.29 is 19.1 Å². The normalized spacial score (nSPS) is 22.0. The minimum atomic E-state index is -0.368. The number of methoxy groups -OCH3 is 2. The highest BCUT2D eigenvalue weighted by Crippen LogP contribution is 2.40. The number of esters is 2. The second-order valence-electron chi connectivity index (χ2n) is 8.33. The first-order valence-corrected chi connectivity index (χ1v) is 11.0. The zero-order valence-electron chi connectivity index (χ0n) is 18.7.